The summed E-state index contributed by atoms with van der Waals surface area (Å²) < 4.78 is 5.52. The van der Waals surface area contributed by atoms with Crippen molar-refractivity contribution in [2.24, 2.45) is 5.73 Å². The number of nitrogens with one attached hydrogen (secondary N) is 1. The molecule has 0 spiro atoms. The van der Waals surface area contributed by atoms with Crippen LogP contribution in [0.4, 0.5) is 0 Å². The van der Waals surface area contributed by atoms with Crippen molar-refractivity contribution in [2.45, 2.75) is 31.7 Å². The van der Waals surface area contributed by atoms with Gasteiger partial charge in [-0.25, -0.2) is 0 Å². The van der Waals surface area contributed by atoms with Crippen LogP contribution in [-0.2, 0) is 4.79 Å². The first-order valence-corrected chi connectivity index (χ1v) is 6.33. The number of carbonyl (C=O) groups excluding carboxylic acids is 1. The number of ether oxygens (including phenoxy) is 1. The van der Waals surface area contributed by atoms with Crippen LogP contribution in [0, 0.1) is 0 Å². The smallest absolute Gasteiger partial charge is 0.231 e. The van der Waals surface area contributed by atoms with E-state index < -0.39 is 0 Å². The van der Waals surface area contributed by atoms with Crippen molar-refractivity contribution in [3.8, 4) is 5.75 Å². The third-order valence-corrected chi connectivity index (χ3v) is 3.67. The molecule has 1 aromatic rings. The van der Waals surface area contributed by atoms with Gasteiger partial charge < -0.3 is 15.8 Å². The van der Waals surface area contributed by atoms with Gasteiger partial charge in [0.05, 0.1) is 0 Å². The second-order valence-corrected chi connectivity index (χ2v) is 5.01. The van der Waals surface area contributed by atoms with Gasteiger partial charge >= 0.3 is 0 Å². The van der Waals surface area contributed by atoms with Gasteiger partial charge in [-0.3, -0.25) is 4.79 Å². The molecule has 1 amide bonds. The highest BCUT2D eigenvalue weighted by molar-refractivity contribution is 5.86. The molecular formula is C14H20N2O2. The molecule has 0 aliphatic carbocycles. The fourth-order valence-corrected chi connectivity index (χ4v) is 2.05. The molecule has 18 heavy (non-hydrogen) atoms. The molecule has 2 rings (SSSR count). The lowest BCUT2D eigenvalue weighted by atomic mass is 9.95. The second kappa shape index (κ2) is 4.98. The maximum absolute atomic E-state index is 12.3. The van der Waals surface area contributed by atoms with Gasteiger partial charge in [0.25, 0.3) is 0 Å². The molecule has 0 fully saturated rings. The molecule has 0 radical (unpaired) electrons. The molecule has 2 unspecified atom stereocenters. The van der Waals surface area contributed by atoms with Crippen molar-refractivity contribution in [3.05, 3.63) is 29.8 Å². The number of fused-ring (bicyclic) bond motifs is 1. The van der Waals surface area contributed by atoms with E-state index >= 15 is 0 Å². The number of amides is 1. The maximum atomic E-state index is 12.3. The minimum atomic E-state index is -0.339. The van der Waals surface area contributed by atoms with Crippen LogP contribution in [0.25, 0.3) is 0 Å². The number of hydrogen-bond donors (Lipinski definition) is 2. The number of carbonyl (C=O) groups is 1. The lowest BCUT2D eigenvalue weighted by Crippen LogP contribution is -2.52. The number of hydrogen-bond acceptors (Lipinski definition) is 3. The van der Waals surface area contributed by atoms with Crippen LogP contribution in [0.15, 0.2) is 24.3 Å². The summed E-state index contributed by atoms with van der Waals surface area (Å²) in [7, 11) is 0. The van der Waals surface area contributed by atoms with Crippen molar-refractivity contribution in [1.29, 1.82) is 0 Å². The molecule has 1 aromatic carbocycles. The van der Waals surface area contributed by atoms with Gasteiger partial charge in [0.15, 0.2) is 0 Å². The molecule has 0 saturated carbocycles. The third-order valence-electron chi connectivity index (χ3n) is 3.67. The molecule has 1 aliphatic rings. The van der Waals surface area contributed by atoms with Crippen LogP contribution in [-0.4, -0.2) is 24.6 Å². The zero-order valence-corrected chi connectivity index (χ0v) is 10.9. The Morgan fingerprint density at radius 3 is 2.94 bits per heavy atom. The third kappa shape index (κ3) is 2.34. The standard InChI is InChI=1S/C14H20N2O2/c1-3-14(2,9-15)16-13(17)11-8-18-12-7-5-4-6-10(11)12/h4-7,11H,3,8-9,15H2,1-2H3,(H,16,17). The topological polar surface area (TPSA) is 64.3 Å². The van der Waals surface area contributed by atoms with E-state index in [9.17, 15) is 4.79 Å². The molecule has 2 atom stereocenters. The van der Waals surface area contributed by atoms with Crippen molar-refractivity contribution >= 4 is 5.91 Å². The van der Waals surface area contributed by atoms with Crippen molar-refractivity contribution in [3.63, 3.8) is 0 Å². The first-order chi connectivity index (χ1) is 8.59. The second-order valence-electron chi connectivity index (χ2n) is 5.01. The Morgan fingerprint density at radius 1 is 1.56 bits per heavy atom. The highest BCUT2D eigenvalue weighted by Crippen LogP contribution is 2.33. The molecule has 0 saturated heterocycles. The van der Waals surface area contributed by atoms with Crippen LogP contribution in [0.1, 0.15) is 31.7 Å². The molecule has 1 heterocycles. The Balaban J connectivity index is 2.12. The molecule has 3 N–H and O–H groups in total. The molecule has 4 nitrogen and oxygen atoms in total. The van der Waals surface area contributed by atoms with Crippen molar-refractivity contribution < 1.29 is 9.53 Å². The largest absolute Gasteiger partial charge is 0.492 e. The highest BCUT2D eigenvalue weighted by atomic mass is 16.5. The minimum absolute atomic E-state index is 0.00486. The fraction of sp³-hybridized carbons (Fsp3) is 0.500. The average Bonchev–Trinajstić information content (AvgIpc) is 2.82. The SMILES string of the molecule is CCC(C)(CN)NC(=O)C1COc2ccccc21. The van der Waals surface area contributed by atoms with E-state index in [0.29, 0.717) is 13.2 Å². The minimum Gasteiger partial charge on any atom is -0.492 e. The Bertz CT molecular complexity index is 441. The molecule has 0 bridgehead atoms. The van der Waals surface area contributed by atoms with Gasteiger partial charge in [-0.2, -0.15) is 0 Å². The highest BCUT2D eigenvalue weighted by Gasteiger charge is 2.33. The quantitative estimate of drug-likeness (QED) is 0.846. The fourth-order valence-electron chi connectivity index (χ4n) is 2.05. The molecule has 4 heteroatoms. The number of rotatable bonds is 4. The van der Waals surface area contributed by atoms with E-state index in [1.165, 1.54) is 0 Å². The Hall–Kier alpha value is -1.55. The van der Waals surface area contributed by atoms with Gasteiger partial charge in [0.1, 0.15) is 18.3 Å². The lowest BCUT2D eigenvalue weighted by molar-refractivity contribution is -0.124. The van der Waals surface area contributed by atoms with E-state index in [1.54, 1.807) is 0 Å². The first-order valence-electron chi connectivity index (χ1n) is 6.33. The van der Waals surface area contributed by atoms with Gasteiger partial charge in [-0.05, 0) is 19.4 Å². The normalized spacial score (nSPS) is 20.7. The summed E-state index contributed by atoms with van der Waals surface area (Å²) in [6.07, 6.45) is 0.810. The molecule has 0 aromatic heterocycles. The number of para-hydroxylation sites is 1. The predicted molar refractivity (Wildman–Crippen MR) is 70.6 cm³/mol. The van der Waals surface area contributed by atoms with Crippen molar-refractivity contribution in [1.82, 2.24) is 5.32 Å². The van der Waals surface area contributed by atoms with E-state index in [4.69, 9.17) is 10.5 Å². The monoisotopic (exact) mass is 248 g/mol. The Labute approximate surface area is 108 Å². The number of benzene rings is 1. The average molecular weight is 248 g/mol. The van der Waals surface area contributed by atoms with Crippen LogP contribution < -0.4 is 15.8 Å². The van der Waals surface area contributed by atoms with Gasteiger partial charge in [-0.15, -0.1) is 0 Å². The van der Waals surface area contributed by atoms with Crippen molar-refractivity contribution in [2.75, 3.05) is 13.2 Å². The van der Waals surface area contributed by atoms with E-state index in [1.807, 2.05) is 38.1 Å². The van der Waals surface area contributed by atoms with E-state index in [0.717, 1.165) is 17.7 Å². The van der Waals surface area contributed by atoms with Gasteiger partial charge in [0.2, 0.25) is 5.91 Å². The van der Waals surface area contributed by atoms with Gasteiger partial charge in [-0.1, -0.05) is 25.1 Å². The van der Waals surface area contributed by atoms with E-state index in [2.05, 4.69) is 5.32 Å². The molecule has 98 valence electrons. The zero-order valence-electron chi connectivity index (χ0n) is 10.9. The summed E-state index contributed by atoms with van der Waals surface area (Å²) in [6, 6.07) is 7.67. The Morgan fingerprint density at radius 2 is 2.28 bits per heavy atom. The summed E-state index contributed by atoms with van der Waals surface area (Å²) in [4.78, 5) is 12.3. The van der Waals surface area contributed by atoms with Crippen LogP contribution >= 0.6 is 0 Å². The first kappa shape index (κ1) is 12.9. The Kier molecular flexibility index (Phi) is 3.57. The maximum Gasteiger partial charge on any atom is 0.231 e. The summed E-state index contributed by atoms with van der Waals surface area (Å²) in [5, 5.41) is 3.03. The summed E-state index contributed by atoms with van der Waals surface area (Å²) in [6.45, 7) is 4.83. The molecule has 1 aliphatic heterocycles. The number of nitrogens with two attached hydrogens (primary N) is 1. The van der Waals surface area contributed by atoms with Gasteiger partial charge in [0, 0.05) is 17.6 Å². The van der Waals surface area contributed by atoms with Crippen LogP contribution in [0.5, 0.6) is 5.75 Å². The summed E-state index contributed by atoms with van der Waals surface area (Å²) in [5.41, 5.74) is 6.34. The van der Waals surface area contributed by atoms with Crippen LogP contribution in [0.2, 0.25) is 0 Å². The lowest BCUT2D eigenvalue weighted by Gasteiger charge is -2.29. The zero-order chi connectivity index (χ0) is 13.2. The molecular weight excluding hydrogens is 228 g/mol. The predicted octanol–water partition coefficient (Wildman–Crippen LogP) is 1.41. The summed E-state index contributed by atoms with van der Waals surface area (Å²) >= 11 is 0. The van der Waals surface area contributed by atoms with E-state index in [-0.39, 0.29) is 17.4 Å². The van der Waals surface area contributed by atoms with Crippen LogP contribution in [0.3, 0.4) is 0 Å². The summed E-state index contributed by atoms with van der Waals surface area (Å²) in [5.74, 6) is 0.581.